The number of carbonyl (C=O) groups is 1. The summed E-state index contributed by atoms with van der Waals surface area (Å²) < 4.78 is 5.71. The van der Waals surface area contributed by atoms with Gasteiger partial charge in [0.1, 0.15) is 5.75 Å². The van der Waals surface area contributed by atoms with E-state index in [-0.39, 0.29) is 5.78 Å². The van der Waals surface area contributed by atoms with Gasteiger partial charge in [-0.05, 0) is 44.4 Å². The predicted molar refractivity (Wildman–Crippen MR) is 109 cm³/mol. The number of anilines is 1. The standard InChI is InChI=1S/C23H24N2O2/c1-2-27-18-11-12-21-19(15-18)22(25-13-7-4-8-14-25)20(16-24-21)23(26)17-9-5-3-6-10-17/h3,5-6,9-12,15-16H,2,4,7-8,13-14H2,1H3. The van der Waals surface area contributed by atoms with Gasteiger partial charge in [-0.3, -0.25) is 9.78 Å². The normalized spacial score (nSPS) is 14.3. The van der Waals surface area contributed by atoms with Crippen molar-refractivity contribution in [2.45, 2.75) is 26.2 Å². The van der Waals surface area contributed by atoms with E-state index < -0.39 is 0 Å². The smallest absolute Gasteiger partial charge is 0.196 e. The van der Waals surface area contributed by atoms with Crippen molar-refractivity contribution in [1.29, 1.82) is 0 Å². The van der Waals surface area contributed by atoms with Crippen LogP contribution >= 0.6 is 0 Å². The summed E-state index contributed by atoms with van der Waals surface area (Å²) >= 11 is 0. The lowest BCUT2D eigenvalue weighted by Crippen LogP contribution is -2.31. The van der Waals surface area contributed by atoms with Gasteiger partial charge in [-0.25, -0.2) is 0 Å². The molecule has 2 aromatic carbocycles. The molecule has 0 bridgehead atoms. The summed E-state index contributed by atoms with van der Waals surface area (Å²) in [5.41, 5.74) is 3.25. The van der Waals surface area contributed by atoms with Crippen LogP contribution in [0.2, 0.25) is 0 Å². The summed E-state index contributed by atoms with van der Waals surface area (Å²) in [5, 5.41) is 0.990. The number of pyridine rings is 1. The molecule has 1 aliphatic rings. The summed E-state index contributed by atoms with van der Waals surface area (Å²) in [5.74, 6) is 0.835. The molecule has 0 aliphatic carbocycles. The number of piperidine rings is 1. The van der Waals surface area contributed by atoms with Crippen LogP contribution in [0.3, 0.4) is 0 Å². The Morgan fingerprint density at radius 2 is 1.85 bits per heavy atom. The molecule has 4 nitrogen and oxygen atoms in total. The van der Waals surface area contributed by atoms with Crippen LogP contribution < -0.4 is 9.64 Å². The van der Waals surface area contributed by atoms with Crippen molar-refractivity contribution >= 4 is 22.4 Å². The Balaban J connectivity index is 1.90. The third-order valence-corrected chi connectivity index (χ3v) is 5.07. The molecule has 0 radical (unpaired) electrons. The highest BCUT2D eigenvalue weighted by atomic mass is 16.5. The highest BCUT2D eigenvalue weighted by Gasteiger charge is 2.23. The summed E-state index contributed by atoms with van der Waals surface area (Å²) in [6, 6.07) is 15.4. The molecule has 4 rings (SSSR count). The quantitative estimate of drug-likeness (QED) is 0.610. The van der Waals surface area contributed by atoms with Crippen molar-refractivity contribution in [2.75, 3.05) is 24.6 Å². The van der Waals surface area contributed by atoms with E-state index >= 15 is 0 Å². The Hall–Kier alpha value is -2.88. The molecule has 0 atom stereocenters. The maximum Gasteiger partial charge on any atom is 0.196 e. The van der Waals surface area contributed by atoms with Crippen molar-refractivity contribution in [3.05, 3.63) is 65.9 Å². The van der Waals surface area contributed by atoms with Crippen molar-refractivity contribution < 1.29 is 9.53 Å². The number of nitrogens with zero attached hydrogens (tertiary/aromatic N) is 2. The maximum atomic E-state index is 13.3. The zero-order valence-electron chi connectivity index (χ0n) is 15.6. The first-order chi connectivity index (χ1) is 13.3. The summed E-state index contributed by atoms with van der Waals surface area (Å²) in [6.45, 7) is 4.52. The zero-order valence-corrected chi connectivity index (χ0v) is 15.6. The molecule has 2 heterocycles. The molecule has 4 heteroatoms. The van der Waals surface area contributed by atoms with Gasteiger partial charge in [-0.15, -0.1) is 0 Å². The van der Waals surface area contributed by atoms with E-state index in [0.717, 1.165) is 48.3 Å². The van der Waals surface area contributed by atoms with Crippen LogP contribution in [-0.4, -0.2) is 30.5 Å². The molecule has 1 fully saturated rings. The molecule has 0 unspecified atom stereocenters. The predicted octanol–water partition coefficient (Wildman–Crippen LogP) is 4.85. The molecule has 1 aromatic heterocycles. The number of carbonyl (C=O) groups excluding carboxylic acids is 1. The third-order valence-electron chi connectivity index (χ3n) is 5.07. The van der Waals surface area contributed by atoms with E-state index in [1.165, 1.54) is 6.42 Å². The number of fused-ring (bicyclic) bond motifs is 1. The van der Waals surface area contributed by atoms with E-state index in [1.807, 2.05) is 55.5 Å². The fourth-order valence-corrected chi connectivity index (χ4v) is 3.78. The van der Waals surface area contributed by atoms with Crippen molar-refractivity contribution in [3.8, 4) is 5.75 Å². The molecule has 1 aliphatic heterocycles. The van der Waals surface area contributed by atoms with E-state index in [2.05, 4.69) is 9.88 Å². The number of rotatable bonds is 5. The maximum absolute atomic E-state index is 13.3. The van der Waals surface area contributed by atoms with Crippen molar-refractivity contribution in [2.24, 2.45) is 0 Å². The molecular formula is C23H24N2O2. The number of benzene rings is 2. The van der Waals surface area contributed by atoms with Gasteiger partial charge in [0.15, 0.2) is 5.78 Å². The average molecular weight is 360 g/mol. The van der Waals surface area contributed by atoms with E-state index in [4.69, 9.17) is 4.74 Å². The number of hydrogen-bond acceptors (Lipinski definition) is 4. The topological polar surface area (TPSA) is 42.4 Å². The fraction of sp³-hybridized carbons (Fsp3) is 0.304. The minimum atomic E-state index is 0.0207. The first kappa shape index (κ1) is 17.5. The lowest BCUT2D eigenvalue weighted by atomic mass is 9.98. The highest BCUT2D eigenvalue weighted by Crippen LogP contribution is 2.35. The van der Waals surface area contributed by atoms with Gasteiger partial charge in [0.25, 0.3) is 0 Å². The number of ketones is 1. The van der Waals surface area contributed by atoms with Crippen LogP contribution in [0.4, 0.5) is 5.69 Å². The molecule has 0 saturated carbocycles. The Morgan fingerprint density at radius 3 is 2.59 bits per heavy atom. The van der Waals surface area contributed by atoms with E-state index in [0.29, 0.717) is 17.7 Å². The van der Waals surface area contributed by atoms with Crippen molar-refractivity contribution in [3.63, 3.8) is 0 Å². The second kappa shape index (κ2) is 7.78. The monoisotopic (exact) mass is 360 g/mol. The molecule has 1 saturated heterocycles. The molecule has 0 spiro atoms. The summed E-state index contributed by atoms with van der Waals surface area (Å²) in [6.07, 6.45) is 5.27. The number of aromatic nitrogens is 1. The van der Waals surface area contributed by atoms with Gasteiger partial charge < -0.3 is 9.64 Å². The first-order valence-electron chi connectivity index (χ1n) is 9.68. The van der Waals surface area contributed by atoms with Crippen LogP contribution in [0.25, 0.3) is 10.9 Å². The Labute approximate surface area is 159 Å². The minimum Gasteiger partial charge on any atom is -0.494 e. The highest BCUT2D eigenvalue weighted by molar-refractivity contribution is 6.16. The molecule has 3 aromatic rings. The lowest BCUT2D eigenvalue weighted by molar-refractivity contribution is 0.103. The lowest BCUT2D eigenvalue weighted by Gasteiger charge is -2.31. The number of ether oxygens (including phenoxy) is 1. The van der Waals surface area contributed by atoms with Crippen molar-refractivity contribution in [1.82, 2.24) is 4.98 Å². The Kier molecular flexibility index (Phi) is 5.05. The van der Waals surface area contributed by atoms with Gasteiger partial charge >= 0.3 is 0 Å². The SMILES string of the molecule is CCOc1ccc2ncc(C(=O)c3ccccc3)c(N3CCCCC3)c2c1. The largest absolute Gasteiger partial charge is 0.494 e. The molecule has 0 amide bonds. The Bertz CT molecular complexity index is 947. The van der Waals surface area contributed by atoms with Gasteiger partial charge in [-0.2, -0.15) is 0 Å². The third kappa shape index (κ3) is 3.52. The fourth-order valence-electron chi connectivity index (χ4n) is 3.78. The molecular weight excluding hydrogens is 336 g/mol. The van der Waals surface area contributed by atoms with Crippen LogP contribution in [0.15, 0.2) is 54.7 Å². The Morgan fingerprint density at radius 1 is 1.07 bits per heavy atom. The average Bonchev–Trinajstić information content (AvgIpc) is 2.74. The van der Waals surface area contributed by atoms with Gasteiger partial charge in [0.2, 0.25) is 0 Å². The molecule has 0 N–H and O–H groups in total. The van der Waals surface area contributed by atoms with Gasteiger partial charge in [0.05, 0.1) is 23.4 Å². The zero-order chi connectivity index (χ0) is 18.6. The van der Waals surface area contributed by atoms with E-state index in [9.17, 15) is 4.79 Å². The molecule has 138 valence electrons. The summed E-state index contributed by atoms with van der Waals surface area (Å²) in [4.78, 5) is 20.2. The van der Waals surface area contributed by atoms with Crippen LogP contribution in [-0.2, 0) is 0 Å². The van der Waals surface area contributed by atoms with Gasteiger partial charge in [-0.1, -0.05) is 30.3 Å². The first-order valence-corrected chi connectivity index (χ1v) is 9.68. The second-order valence-corrected chi connectivity index (χ2v) is 6.88. The summed E-state index contributed by atoms with van der Waals surface area (Å²) in [7, 11) is 0. The minimum absolute atomic E-state index is 0.0207. The van der Waals surface area contributed by atoms with Gasteiger partial charge in [0, 0.05) is 30.2 Å². The molecule has 27 heavy (non-hydrogen) atoms. The van der Waals surface area contributed by atoms with Crippen LogP contribution in [0.5, 0.6) is 5.75 Å². The van der Waals surface area contributed by atoms with Crippen LogP contribution in [0.1, 0.15) is 42.1 Å². The number of hydrogen-bond donors (Lipinski definition) is 0. The van der Waals surface area contributed by atoms with E-state index in [1.54, 1.807) is 6.20 Å². The van der Waals surface area contributed by atoms with Crippen LogP contribution in [0, 0.1) is 0 Å². The second-order valence-electron chi connectivity index (χ2n) is 6.88.